The molecule has 2 atom stereocenters. The first-order valence-electron chi connectivity index (χ1n) is 13.4. The number of aromatic nitrogens is 1. The van der Waals surface area contributed by atoms with E-state index in [4.69, 9.17) is 4.74 Å². The summed E-state index contributed by atoms with van der Waals surface area (Å²) in [5, 5.41) is 3.11. The third-order valence-electron chi connectivity index (χ3n) is 8.14. The largest absolute Gasteiger partial charge is 0.383 e. The van der Waals surface area contributed by atoms with Crippen molar-refractivity contribution in [3.63, 3.8) is 0 Å². The number of carbonyl (C=O) groups excluding carboxylic acids is 2. The van der Waals surface area contributed by atoms with Gasteiger partial charge in [-0.15, -0.1) is 11.3 Å². The number of nitrogens with one attached hydrogen (secondary N) is 1. The number of thiophene rings is 1. The summed E-state index contributed by atoms with van der Waals surface area (Å²) in [6.45, 7) is 1.41. The fraction of sp³-hybridized carbons (Fsp3) is 0.355. The Morgan fingerprint density at radius 1 is 1.05 bits per heavy atom. The zero-order valence-corrected chi connectivity index (χ0v) is 22.5. The number of amides is 2. The zero-order chi connectivity index (χ0) is 26.1. The lowest BCUT2D eigenvalue weighted by atomic mass is 9.78. The topological polar surface area (TPSA) is 65.6 Å². The third kappa shape index (κ3) is 4.44. The van der Waals surface area contributed by atoms with Crippen LogP contribution < -0.4 is 0 Å². The molecule has 1 N–H and O–H groups in total. The van der Waals surface area contributed by atoms with Crippen LogP contribution in [0.2, 0.25) is 0 Å². The van der Waals surface area contributed by atoms with Crippen LogP contribution in [0.3, 0.4) is 0 Å². The molecule has 1 saturated carbocycles. The molecule has 2 aromatic heterocycles. The van der Waals surface area contributed by atoms with E-state index in [9.17, 15) is 9.59 Å². The minimum Gasteiger partial charge on any atom is -0.383 e. The van der Waals surface area contributed by atoms with Crippen molar-refractivity contribution in [3.8, 4) is 0 Å². The van der Waals surface area contributed by atoms with E-state index in [1.165, 1.54) is 4.88 Å². The van der Waals surface area contributed by atoms with E-state index in [-0.39, 0.29) is 17.9 Å². The highest BCUT2D eigenvalue weighted by Gasteiger charge is 2.47. The standard InChI is InChI=1S/C31H33N3O3S/c1-37-17-16-33-29(26-19-32-27-15-7-6-12-23(26)27)28(24-13-4-5-14-25(24)30(33)35)31(36)34(21-9-2-3-10-21)20-22-11-8-18-38-22/h4-8,11-15,18-19,21,28-29,32H,2-3,9-10,16-17,20H2,1H3. The van der Waals surface area contributed by atoms with E-state index in [1.807, 2.05) is 59.6 Å². The van der Waals surface area contributed by atoms with Crippen molar-refractivity contribution in [1.29, 1.82) is 0 Å². The lowest BCUT2D eigenvalue weighted by Crippen LogP contribution is -2.50. The normalized spacial score (nSPS) is 19.7. The Morgan fingerprint density at radius 3 is 2.63 bits per heavy atom. The molecule has 196 valence electrons. The summed E-state index contributed by atoms with van der Waals surface area (Å²) < 4.78 is 5.43. The summed E-state index contributed by atoms with van der Waals surface area (Å²) in [4.78, 5) is 37.4. The number of hydrogen-bond acceptors (Lipinski definition) is 4. The molecule has 2 aromatic carbocycles. The first-order chi connectivity index (χ1) is 18.7. The summed E-state index contributed by atoms with van der Waals surface area (Å²) in [7, 11) is 1.65. The van der Waals surface area contributed by atoms with Crippen LogP contribution in [-0.2, 0) is 16.1 Å². The molecule has 38 heavy (non-hydrogen) atoms. The first kappa shape index (κ1) is 24.9. The molecule has 6 rings (SSSR count). The number of H-pyrrole nitrogens is 1. The number of para-hydroxylation sites is 1. The molecule has 0 radical (unpaired) electrons. The Labute approximate surface area is 227 Å². The van der Waals surface area contributed by atoms with Crippen LogP contribution in [0.15, 0.2) is 72.2 Å². The molecule has 2 unspecified atom stereocenters. The number of benzene rings is 2. The minimum atomic E-state index is -0.513. The number of carbonyl (C=O) groups is 2. The summed E-state index contributed by atoms with van der Waals surface area (Å²) in [5.74, 6) is -0.467. The summed E-state index contributed by atoms with van der Waals surface area (Å²) in [6, 6.07) is 19.7. The van der Waals surface area contributed by atoms with Gasteiger partial charge >= 0.3 is 0 Å². The van der Waals surface area contributed by atoms with Gasteiger partial charge in [0.15, 0.2) is 0 Å². The van der Waals surface area contributed by atoms with Crippen LogP contribution in [-0.4, -0.2) is 52.9 Å². The first-order valence-corrected chi connectivity index (χ1v) is 14.3. The van der Waals surface area contributed by atoms with E-state index < -0.39 is 12.0 Å². The highest BCUT2D eigenvalue weighted by Crippen LogP contribution is 2.46. The smallest absolute Gasteiger partial charge is 0.254 e. The van der Waals surface area contributed by atoms with Gasteiger partial charge in [-0.05, 0) is 42.0 Å². The number of rotatable bonds is 8. The average molecular weight is 528 g/mol. The Balaban J connectivity index is 1.52. The Bertz CT molecular complexity index is 1420. The van der Waals surface area contributed by atoms with Crippen molar-refractivity contribution >= 4 is 34.1 Å². The lowest BCUT2D eigenvalue weighted by Gasteiger charge is -2.44. The maximum Gasteiger partial charge on any atom is 0.254 e. The van der Waals surface area contributed by atoms with Crippen molar-refractivity contribution in [3.05, 3.63) is 93.8 Å². The Hall–Kier alpha value is -3.42. The van der Waals surface area contributed by atoms with Gasteiger partial charge in [0.05, 0.1) is 25.1 Å². The number of fused-ring (bicyclic) bond motifs is 2. The van der Waals surface area contributed by atoms with Gasteiger partial charge in [-0.2, -0.15) is 0 Å². The second-order valence-electron chi connectivity index (χ2n) is 10.3. The molecule has 0 spiro atoms. The number of nitrogens with zero attached hydrogens (tertiary/aromatic N) is 2. The zero-order valence-electron chi connectivity index (χ0n) is 21.6. The van der Waals surface area contributed by atoms with Gasteiger partial charge < -0.3 is 19.5 Å². The fourth-order valence-corrected chi connectivity index (χ4v) is 7.03. The Morgan fingerprint density at radius 2 is 1.84 bits per heavy atom. The molecular weight excluding hydrogens is 494 g/mol. The van der Waals surface area contributed by atoms with Gasteiger partial charge in [0.25, 0.3) is 5.91 Å². The highest BCUT2D eigenvalue weighted by molar-refractivity contribution is 7.09. The molecule has 4 aromatic rings. The maximum absolute atomic E-state index is 14.9. The number of methoxy groups -OCH3 is 1. The van der Waals surface area contributed by atoms with Gasteiger partial charge in [-0.25, -0.2) is 0 Å². The average Bonchev–Trinajstić information content (AvgIpc) is 3.73. The van der Waals surface area contributed by atoms with Crippen molar-refractivity contribution in [1.82, 2.24) is 14.8 Å². The van der Waals surface area contributed by atoms with Crippen molar-refractivity contribution in [2.24, 2.45) is 0 Å². The second-order valence-corrected chi connectivity index (χ2v) is 11.3. The van der Waals surface area contributed by atoms with Gasteiger partial charge in [0.2, 0.25) is 5.91 Å². The summed E-state index contributed by atoms with van der Waals surface area (Å²) in [6.07, 6.45) is 6.32. The fourth-order valence-electron chi connectivity index (χ4n) is 6.33. The number of hydrogen-bond donors (Lipinski definition) is 1. The quantitative estimate of drug-likeness (QED) is 0.300. The molecule has 0 bridgehead atoms. The van der Waals surface area contributed by atoms with Gasteiger partial charge in [0, 0.05) is 52.8 Å². The van der Waals surface area contributed by atoms with Crippen LogP contribution in [0.1, 0.15) is 64.0 Å². The van der Waals surface area contributed by atoms with E-state index >= 15 is 0 Å². The third-order valence-corrected chi connectivity index (χ3v) is 9.00. The van der Waals surface area contributed by atoms with E-state index in [2.05, 4.69) is 27.4 Å². The molecule has 1 aliphatic heterocycles. The molecule has 3 heterocycles. The Kier molecular flexibility index (Phi) is 7.04. The van der Waals surface area contributed by atoms with E-state index in [1.54, 1.807) is 18.4 Å². The predicted molar refractivity (Wildman–Crippen MR) is 150 cm³/mol. The minimum absolute atomic E-state index is 0.0531. The molecule has 0 saturated heterocycles. The molecule has 1 fully saturated rings. The molecule has 2 amide bonds. The van der Waals surface area contributed by atoms with Gasteiger partial charge in [-0.1, -0.05) is 55.3 Å². The van der Waals surface area contributed by atoms with Gasteiger partial charge in [0.1, 0.15) is 0 Å². The highest BCUT2D eigenvalue weighted by atomic mass is 32.1. The molecule has 2 aliphatic rings. The van der Waals surface area contributed by atoms with E-state index in [0.717, 1.165) is 47.7 Å². The molecule has 6 nitrogen and oxygen atoms in total. The van der Waals surface area contributed by atoms with Crippen LogP contribution in [0.4, 0.5) is 0 Å². The van der Waals surface area contributed by atoms with E-state index in [0.29, 0.717) is 25.3 Å². The summed E-state index contributed by atoms with van der Waals surface area (Å²) in [5.41, 5.74) is 3.40. The van der Waals surface area contributed by atoms with Gasteiger partial charge in [-0.3, -0.25) is 9.59 Å². The predicted octanol–water partition coefficient (Wildman–Crippen LogP) is 6.13. The van der Waals surface area contributed by atoms with Crippen molar-refractivity contribution < 1.29 is 14.3 Å². The maximum atomic E-state index is 14.9. The number of aromatic amines is 1. The van der Waals surface area contributed by atoms with Crippen molar-refractivity contribution in [2.75, 3.05) is 20.3 Å². The molecule has 1 aliphatic carbocycles. The SMILES string of the molecule is COCCN1C(=O)c2ccccc2C(C(=O)N(Cc2cccs2)C2CCCC2)C1c1c[nH]c2ccccc12. The second kappa shape index (κ2) is 10.8. The molecular formula is C31H33N3O3S. The van der Waals surface area contributed by atoms with Crippen LogP contribution in [0, 0.1) is 0 Å². The lowest BCUT2D eigenvalue weighted by molar-refractivity contribution is -0.137. The number of ether oxygens (including phenoxy) is 1. The summed E-state index contributed by atoms with van der Waals surface area (Å²) >= 11 is 1.69. The van der Waals surface area contributed by atoms with Crippen molar-refractivity contribution in [2.45, 2.75) is 50.2 Å². The van der Waals surface area contributed by atoms with Crippen LogP contribution >= 0.6 is 11.3 Å². The van der Waals surface area contributed by atoms with Crippen LogP contribution in [0.5, 0.6) is 0 Å². The van der Waals surface area contributed by atoms with Crippen LogP contribution in [0.25, 0.3) is 10.9 Å². The molecule has 7 heteroatoms. The monoisotopic (exact) mass is 527 g/mol.